The number of rotatable bonds is 2. The van der Waals surface area contributed by atoms with Gasteiger partial charge in [-0.15, -0.1) is 24.8 Å². The van der Waals surface area contributed by atoms with Crippen LogP contribution in [-0.2, 0) is 0 Å². The first-order valence-corrected chi connectivity index (χ1v) is 7.11. The zero-order chi connectivity index (χ0) is 15.8. The zero-order valence-corrected chi connectivity index (χ0v) is 14.5. The Kier molecular flexibility index (Phi) is 5.46. The van der Waals surface area contributed by atoms with Gasteiger partial charge in [0, 0.05) is 10.9 Å². The van der Waals surface area contributed by atoms with Crippen LogP contribution in [0.4, 0.5) is 5.82 Å². The van der Waals surface area contributed by atoms with Crippen LogP contribution in [0.2, 0.25) is 0 Å². The second kappa shape index (κ2) is 7.38. The van der Waals surface area contributed by atoms with Crippen LogP contribution in [0, 0.1) is 0 Å². The van der Waals surface area contributed by atoms with E-state index in [9.17, 15) is 4.79 Å². The standard InChI is InChI=1S/C17H13N5O.2ClH/c18-16-12-8-11(6-7-13(12)21-22-16)15-9-14(19-17(23)20-15)10-4-2-1-3-5-10;;/h1-9H,(H3,18,21,22)(H,19,20,23);2*1H. The fourth-order valence-corrected chi connectivity index (χ4v) is 2.57. The lowest BCUT2D eigenvalue weighted by Gasteiger charge is -2.05. The van der Waals surface area contributed by atoms with Crippen LogP contribution >= 0.6 is 24.8 Å². The van der Waals surface area contributed by atoms with Crippen molar-refractivity contribution in [3.8, 4) is 22.5 Å². The van der Waals surface area contributed by atoms with Crippen molar-refractivity contribution in [3.05, 3.63) is 65.1 Å². The summed E-state index contributed by atoms with van der Waals surface area (Å²) in [6.07, 6.45) is 0. The van der Waals surface area contributed by atoms with E-state index in [2.05, 4.69) is 20.2 Å². The first kappa shape index (κ1) is 18.5. The number of nitrogens with one attached hydrogen (secondary N) is 2. The van der Waals surface area contributed by atoms with Gasteiger partial charge in [-0.25, -0.2) is 4.79 Å². The molecule has 0 aliphatic carbocycles. The van der Waals surface area contributed by atoms with E-state index in [1.807, 2.05) is 54.6 Å². The predicted octanol–water partition coefficient (Wildman–Crippen LogP) is 3.41. The summed E-state index contributed by atoms with van der Waals surface area (Å²) in [7, 11) is 0. The van der Waals surface area contributed by atoms with Crippen molar-refractivity contribution in [2.24, 2.45) is 0 Å². The molecule has 0 saturated carbocycles. The van der Waals surface area contributed by atoms with Crippen molar-refractivity contribution in [2.45, 2.75) is 0 Å². The Morgan fingerprint density at radius 1 is 0.920 bits per heavy atom. The van der Waals surface area contributed by atoms with E-state index in [-0.39, 0.29) is 30.5 Å². The molecule has 0 atom stereocenters. The highest BCUT2D eigenvalue weighted by Gasteiger charge is 2.08. The van der Waals surface area contributed by atoms with E-state index in [4.69, 9.17) is 5.73 Å². The van der Waals surface area contributed by atoms with Crippen molar-refractivity contribution < 1.29 is 0 Å². The van der Waals surface area contributed by atoms with Gasteiger partial charge in [0.2, 0.25) is 0 Å². The topological polar surface area (TPSA) is 100 Å². The van der Waals surface area contributed by atoms with Crippen molar-refractivity contribution in [1.29, 1.82) is 0 Å². The third-order valence-corrected chi connectivity index (χ3v) is 3.72. The normalized spacial score (nSPS) is 10.1. The summed E-state index contributed by atoms with van der Waals surface area (Å²) in [5, 5.41) is 7.64. The monoisotopic (exact) mass is 375 g/mol. The second-order valence-corrected chi connectivity index (χ2v) is 5.22. The Labute approximate surface area is 155 Å². The number of benzene rings is 2. The highest BCUT2D eigenvalue weighted by molar-refractivity contribution is 5.92. The summed E-state index contributed by atoms with van der Waals surface area (Å²) in [6.45, 7) is 0. The fourth-order valence-electron chi connectivity index (χ4n) is 2.57. The van der Waals surface area contributed by atoms with Crippen LogP contribution in [0.1, 0.15) is 0 Å². The molecule has 0 fully saturated rings. The van der Waals surface area contributed by atoms with Crippen LogP contribution in [0.3, 0.4) is 0 Å². The van der Waals surface area contributed by atoms with Gasteiger partial charge in [0.1, 0.15) is 0 Å². The van der Waals surface area contributed by atoms with Crippen LogP contribution in [0.15, 0.2) is 59.4 Å². The van der Waals surface area contributed by atoms with E-state index >= 15 is 0 Å². The number of H-pyrrole nitrogens is 2. The van der Waals surface area contributed by atoms with Crippen molar-refractivity contribution >= 4 is 41.5 Å². The van der Waals surface area contributed by atoms with Crippen LogP contribution in [-0.4, -0.2) is 20.2 Å². The lowest BCUT2D eigenvalue weighted by atomic mass is 10.1. The summed E-state index contributed by atoms with van der Waals surface area (Å²) >= 11 is 0. The van der Waals surface area contributed by atoms with Gasteiger partial charge in [0.25, 0.3) is 0 Å². The largest absolute Gasteiger partial charge is 0.382 e. The Morgan fingerprint density at radius 2 is 1.68 bits per heavy atom. The minimum absolute atomic E-state index is 0. The summed E-state index contributed by atoms with van der Waals surface area (Å²) < 4.78 is 0. The highest BCUT2D eigenvalue weighted by Crippen LogP contribution is 2.26. The van der Waals surface area contributed by atoms with Gasteiger partial charge in [-0.2, -0.15) is 10.1 Å². The number of aromatic amines is 2. The first-order valence-electron chi connectivity index (χ1n) is 7.11. The molecule has 8 heteroatoms. The van der Waals surface area contributed by atoms with Gasteiger partial charge in [0.05, 0.1) is 16.9 Å². The summed E-state index contributed by atoms with van der Waals surface area (Å²) in [5.41, 5.74) is 9.36. The van der Waals surface area contributed by atoms with Gasteiger partial charge in [-0.05, 0) is 23.8 Å². The number of nitrogens with zero attached hydrogens (tertiary/aromatic N) is 2. The van der Waals surface area contributed by atoms with Crippen LogP contribution < -0.4 is 11.4 Å². The van der Waals surface area contributed by atoms with Crippen LogP contribution in [0.5, 0.6) is 0 Å². The number of hydrogen-bond donors (Lipinski definition) is 3. The van der Waals surface area contributed by atoms with Gasteiger partial charge in [-0.1, -0.05) is 36.4 Å². The molecule has 0 spiro atoms. The lowest BCUT2D eigenvalue weighted by Crippen LogP contribution is -2.11. The average Bonchev–Trinajstić information content (AvgIpc) is 2.96. The molecule has 4 aromatic rings. The zero-order valence-electron chi connectivity index (χ0n) is 12.9. The fraction of sp³-hybridized carbons (Fsp3) is 0. The maximum atomic E-state index is 11.9. The summed E-state index contributed by atoms with van der Waals surface area (Å²) in [4.78, 5) is 18.8. The molecule has 0 amide bonds. The minimum Gasteiger partial charge on any atom is -0.382 e. The maximum Gasteiger partial charge on any atom is 0.345 e. The Balaban J connectivity index is 0.00000113. The van der Waals surface area contributed by atoms with Crippen molar-refractivity contribution in [3.63, 3.8) is 0 Å². The smallest absolute Gasteiger partial charge is 0.345 e. The molecule has 6 nitrogen and oxygen atoms in total. The molecule has 4 rings (SSSR count). The quantitative estimate of drug-likeness (QED) is 0.499. The molecule has 128 valence electrons. The van der Waals surface area contributed by atoms with Gasteiger partial charge in [0.15, 0.2) is 5.82 Å². The number of anilines is 1. The predicted molar refractivity (Wildman–Crippen MR) is 104 cm³/mol. The minimum atomic E-state index is -0.387. The molecular weight excluding hydrogens is 361 g/mol. The Morgan fingerprint density at radius 3 is 2.44 bits per heavy atom. The molecule has 2 aromatic heterocycles. The molecule has 25 heavy (non-hydrogen) atoms. The summed E-state index contributed by atoms with van der Waals surface area (Å²) in [5.74, 6) is 0.426. The molecule has 0 saturated heterocycles. The molecule has 0 aliphatic heterocycles. The second-order valence-electron chi connectivity index (χ2n) is 5.22. The summed E-state index contributed by atoms with van der Waals surface area (Å²) in [6, 6.07) is 17.1. The van der Waals surface area contributed by atoms with E-state index in [0.717, 1.165) is 27.7 Å². The van der Waals surface area contributed by atoms with Crippen molar-refractivity contribution in [2.75, 3.05) is 5.73 Å². The van der Waals surface area contributed by atoms with Crippen LogP contribution in [0.25, 0.3) is 33.4 Å². The average molecular weight is 376 g/mol. The molecule has 0 radical (unpaired) electrons. The molecule has 4 N–H and O–H groups in total. The van der Waals surface area contributed by atoms with E-state index in [0.29, 0.717) is 11.5 Å². The molecule has 0 aliphatic rings. The molecule has 0 bridgehead atoms. The maximum absolute atomic E-state index is 11.9. The van der Waals surface area contributed by atoms with Gasteiger partial charge >= 0.3 is 5.69 Å². The Hall–Kier alpha value is -2.83. The van der Waals surface area contributed by atoms with E-state index in [1.165, 1.54) is 0 Å². The highest BCUT2D eigenvalue weighted by atomic mass is 35.5. The Bertz CT molecular complexity index is 1060. The van der Waals surface area contributed by atoms with Crippen molar-refractivity contribution in [1.82, 2.24) is 20.2 Å². The number of halogens is 2. The molecule has 0 unspecified atom stereocenters. The third-order valence-electron chi connectivity index (χ3n) is 3.72. The number of hydrogen-bond acceptors (Lipinski definition) is 4. The first-order chi connectivity index (χ1) is 11.2. The SMILES string of the molecule is Cl.Cl.Nc1n[nH]c2ccc(-c3cc(-c4ccccc4)[nH]c(=O)n3)cc12. The van der Waals surface area contributed by atoms with Gasteiger partial charge < -0.3 is 10.7 Å². The third kappa shape index (κ3) is 3.50. The number of aromatic nitrogens is 4. The van der Waals surface area contributed by atoms with Gasteiger partial charge in [-0.3, -0.25) is 5.10 Å². The molecular formula is C17H15Cl2N5O. The lowest BCUT2D eigenvalue weighted by molar-refractivity contribution is 1.09. The number of nitrogen functional groups attached to an aromatic ring is 1. The molecule has 2 heterocycles. The van der Waals surface area contributed by atoms with E-state index < -0.39 is 0 Å². The molecule has 2 aromatic carbocycles. The van der Waals surface area contributed by atoms with E-state index in [1.54, 1.807) is 0 Å². The number of fused-ring (bicyclic) bond motifs is 1. The number of nitrogens with two attached hydrogens (primary N) is 1.